The zero-order valence-electron chi connectivity index (χ0n) is 15.1. The Morgan fingerprint density at radius 3 is 2.84 bits per heavy atom. The third kappa shape index (κ3) is 3.99. The number of piperazine rings is 1. The monoisotopic (exact) mass is 342 g/mol. The van der Waals surface area contributed by atoms with E-state index in [0.29, 0.717) is 13.1 Å². The van der Waals surface area contributed by atoms with E-state index < -0.39 is 0 Å². The maximum absolute atomic E-state index is 12.5. The van der Waals surface area contributed by atoms with Crippen molar-refractivity contribution in [1.82, 2.24) is 29.7 Å². The molecule has 0 aliphatic carbocycles. The molecule has 0 aromatic carbocycles. The first-order valence-electron chi connectivity index (χ1n) is 8.67. The van der Waals surface area contributed by atoms with Crippen molar-refractivity contribution in [3.8, 4) is 0 Å². The minimum Gasteiger partial charge on any atom is -0.338 e. The van der Waals surface area contributed by atoms with Crippen molar-refractivity contribution in [2.45, 2.75) is 19.4 Å². The Morgan fingerprint density at radius 2 is 2.12 bits per heavy atom. The number of carbonyl (C=O) groups excluding carboxylic acids is 1. The third-order valence-corrected chi connectivity index (χ3v) is 4.85. The second-order valence-electron chi connectivity index (χ2n) is 6.59. The zero-order valence-corrected chi connectivity index (χ0v) is 15.1. The summed E-state index contributed by atoms with van der Waals surface area (Å²) in [7, 11) is 4.07. The largest absolute Gasteiger partial charge is 0.338 e. The molecule has 3 heterocycles. The molecule has 1 saturated heterocycles. The summed E-state index contributed by atoms with van der Waals surface area (Å²) in [4.78, 5) is 25.5. The highest BCUT2D eigenvalue weighted by Gasteiger charge is 2.30. The molecule has 1 aliphatic heterocycles. The van der Waals surface area contributed by atoms with Crippen LogP contribution in [-0.2, 0) is 13.5 Å². The lowest BCUT2D eigenvalue weighted by Crippen LogP contribution is -2.52. The van der Waals surface area contributed by atoms with Gasteiger partial charge in [-0.1, -0.05) is 6.07 Å². The molecular formula is C18H26N6O. The summed E-state index contributed by atoms with van der Waals surface area (Å²) in [5, 5.41) is 3.02. The average Bonchev–Trinajstić information content (AvgIpc) is 3.03. The molecule has 2 aromatic heterocycles. The van der Waals surface area contributed by atoms with Gasteiger partial charge in [-0.3, -0.25) is 9.88 Å². The minimum absolute atomic E-state index is 0.0131. The molecule has 134 valence electrons. The molecule has 1 fully saturated rings. The Labute approximate surface area is 148 Å². The van der Waals surface area contributed by atoms with Gasteiger partial charge in [0.05, 0.1) is 6.04 Å². The van der Waals surface area contributed by atoms with Crippen LogP contribution in [0.2, 0.25) is 0 Å². The number of amides is 2. The van der Waals surface area contributed by atoms with Gasteiger partial charge >= 0.3 is 6.03 Å². The molecule has 3 rings (SSSR count). The first-order chi connectivity index (χ1) is 12.1. The molecule has 0 spiro atoms. The van der Waals surface area contributed by atoms with Gasteiger partial charge in [-0.2, -0.15) is 0 Å². The molecule has 1 N–H and O–H groups in total. The van der Waals surface area contributed by atoms with Gasteiger partial charge in [0.15, 0.2) is 0 Å². The lowest BCUT2D eigenvalue weighted by molar-refractivity contribution is 0.104. The van der Waals surface area contributed by atoms with Gasteiger partial charge in [-0.05, 0) is 25.6 Å². The lowest BCUT2D eigenvalue weighted by atomic mass is 10.1. The molecule has 1 aliphatic rings. The first kappa shape index (κ1) is 17.4. The number of aryl methyl sites for hydroxylation is 2. The predicted octanol–water partition coefficient (Wildman–Crippen LogP) is 1.36. The summed E-state index contributed by atoms with van der Waals surface area (Å²) in [6, 6.07) is 4.08. The van der Waals surface area contributed by atoms with Crippen LogP contribution in [0.1, 0.15) is 23.1 Å². The fourth-order valence-corrected chi connectivity index (χ4v) is 3.21. The highest BCUT2D eigenvalue weighted by atomic mass is 16.2. The third-order valence-electron chi connectivity index (χ3n) is 4.85. The summed E-state index contributed by atoms with van der Waals surface area (Å²) >= 11 is 0. The molecule has 0 bridgehead atoms. The van der Waals surface area contributed by atoms with Crippen LogP contribution >= 0.6 is 0 Å². The summed E-state index contributed by atoms with van der Waals surface area (Å²) in [6.07, 6.45) is 6.28. The number of hydrogen-bond acceptors (Lipinski definition) is 4. The second-order valence-corrected chi connectivity index (χ2v) is 6.59. The normalized spacial score (nSPS) is 18.4. The molecular weight excluding hydrogens is 316 g/mol. The van der Waals surface area contributed by atoms with E-state index in [9.17, 15) is 4.79 Å². The van der Waals surface area contributed by atoms with Gasteiger partial charge in [-0.15, -0.1) is 0 Å². The van der Waals surface area contributed by atoms with Crippen molar-refractivity contribution in [1.29, 1.82) is 0 Å². The van der Waals surface area contributed by atoms with Gasteiger partial charge in [0.25, 0.3) is 0 Å². The Hall–Kier alpha value is -2.41. The number of aromatic nitrogens is 3. The van der Waals surface area contributed by atoms with Crippen LogP contribution in [0.4, 0.5) is 4.79 Å². The molecule has 2 aromatic rings. The van der Waals surface area contributed by atoms with Gasteiger partial charge in [0, 0.05) is 63.9 Å². The maximum atomic E-state index is 12.5. The molecule has 0 radical (unpaired) electrons. The topological polar surface area (TPSA) is 66.3 Å². The smallest absolute Gasteiger partial charge is 0.317 e. The summed E-state index contributed by atoms with van der Waals surface area (Å²) < 4.78 is 2.02. The van der Waals surface area contributed by atoms with Crippen molar-refractivity contribution < 1.29 is 4.79 Å². The number of rotatable bonds is 4. The van der Waals surface area contributed by atoms with Crippen molar-refractivity contribution >= 4 is 6.03 Å². The van der Waals surface area contributed by atoms with Crippen LogP contribution in [0.25, 0.3) is 0 Å². The molecule has 2 amide bonds. The van der Waals surface area contributed by atoms with Crippen molar-refractivity contribution in [3.63, 3.8) is 0 Å². The van der Waals surface area contributed by atoms with Gasteiger partial charge < -0.3 is 14.8 Å². The van der Waals surface area contributed by atoms with Crippen LogP contribution in [-0.4, -0.2) is 63.6 Å². The van der Waals surface area contributed by atoms with Crippen LogP contribution in [0.3, 0.4) is 0 Å². The van der Waals surface area contributed by atoms with E-state index in [1.165, 1.54) is 0 Å². The Morgan fingerprint density at radius 1 is 1.28 bits per heavy atom. The van der Waals surface area contributed by atoms with Gasteiger partial charge in [0.2, 0.25) is 0 Å². The number of pyridine rings is 1. The molecule has 1 unspecified atom stereocenters. The molecule has 7 heteroatoms. The number of urea groups is 1. The highest BCUT2D eigenvalue weighted by Crippen LogP contribution is 2.22. The first-order valence-corrected chi connectivity index (χ1v) is 8.67. The van der Waals surface area contributed by atoms with Gasteiger partial charge in [-0.25, -0.2) is 9.78 Å². The number of likely N-dealkylation sites (N-methyl/N-ethyl adjacent to an activating group) is 1. The molecule has 7 nitrogen and oxygen atoms in total. The van der Waals surface area contributed by atoms with E-state index in [4.69, 9.17) is 0 Å². The predicted molar refractivity (Wildman–Crippen MR) is 96.2 cm³/mol. The van der Waals surface area contributed by atoms with E-state index in [1.54, 1.807) is 12.4 Å². The van der Waals surface area contributed by atoms with Gasteiger partial charge in [0.1, 0.15) is 5.82 Å². The fourth-order valence-electron chi connectivity index (χ4n) is 3.21. The second kappa shape index (κ2) is 7.65. The molecule has 0 saturated carbocycles. The maximum Gasteiger partial charge on any atom is 0.317 e. The number of carbonyl (C=O) groups is 1. The summed E-state index contributed by atoms with van der Waals surface area (Å²) in [6.45, 7) is 4.85. The summed E-state index contributed by atoms with van der Waals surface area (Å²) in [5.74, 6) is 0.990. The average molecular weight is 342 g/mol. The molecule has 1 atom stereocenters. The van der Waals surface area contributed by atoms with Crippen molar-refractivity contribution in [2.75, 3.05) is 33.2 Å². The molecule has 25 heavy (non-hydrogen) atoms. The standard InChI is InChI=1S/C18H26N6O/c1-14-5-4-7-19-15(14)6-8-21-18(25)24-12-11-22(2)16(13-24)17-20-9-10-23(17)3/h4-5,7,9-10,16H,6,8,11-13H2,1-3H3,(H,21,25). The van der Waals surface area contributed by atoms with E-state index >= 15 is 0 Å². The van der Waals surface area contributed by atoms with Crippen LogP contribution < -0.4 is 5.32 Å². The van der Waals surface area contributed by atoms with E-state index in [-0.39, 0.29) is 12.1 Å². The Bertz CT molecular complexity index is 728. The number of imidazole rings is 1. The Balaban J connectivity index is 1.55. The minimum atomic E-state index is -0.0131. The Kier molecular flexibility index (Phi) is 5.33. The number of hydrogen-bond donors (Lipinski definition) is 1. The van der Waals surface area contributed by atoms with Crippen LogP contribution in [0.15, 0.2) is 30.7 Å². The highest BCUT2D eigenvalue weighted by molar-refractivity contribution is 5.74. The van der Waals surface area contributed by atoms with E-state index in [2.05, 4.69) is 27.2 Å². The zero-order chi connectivity index (χ0) is 17.8. The lowest BCUT2D eigenvalue weighted by Gasteiger charge is -2.38. The van der Waals surface area contributed by atoms with Crippen molar-refractivity contribution in [3.05, 3.63) is 47.8 Å². The van der Waals surface area contributed by atoms with Crippen LogP contribution in [0, 0.1) is 6.92 Å². The SMILES string of the molecule is Cc1cccnc1CCNC(=O)N1CCN(C)C(c2nccn2C)C1. The quantitative estimate of drug-likeness (QED) is 0.911. The summed E-state index contributed by atoms with van der Waals surface area (Å²) in [5.41, 5.74) is 2.19. The van der Waals surface area contributed by atoms with E-state index in [1.807, 2.05) is 41.8 Å². The number of nitrogens with one attached hydrogen (secondary N) is 1. The van der Waals surface area contributed by atoms with E-state index in [0.717, 1.165) is 36.6 Å². The van der Waals surface area contributed by atoms with Crippen LogP contribution in [0.5, 0.6) is 0 Å². The van der Waals surface area contributed by atoms with Crippen molar-refractivity contribution in [2.24, 2.45) is 7.05 Å². The fraction of sp³-hybridized carbons (Fsp3) is 0.500. The number of nitrogens with zero attached hydrogens (tertiary/aromatic N) is 5.